The van der Waals surface area contributed by atoms with Crippen molar-refractivity contribution < 1.29 is 19.1 Å². The molecule has 184 valence electrons. The van der Waals surface area contributed by atoms with Gasteiger partial charge in [-0.25, -0.2) is 4.98 Å². The normalized spacial score (nSPS) is 13.9. The van der Waals surface area contributed by atoms with E-state index < -0.39 is 0 Å². The fourth-order valence-corrected chi connectivity index (χ4v) is 4.79. The third-order valence-electron chi connectivity index (χ3n) is 5.94. The average Bonchev–Trinajstić information content (AvgIpc) is 3.31. The van der Waals surface area contributed by atoms with Crippen LogP contribution >= 0.6 is 11.3 Å². The van der Waals surface area contributed by atoms with Crippen LogP contribution in [0.5, 0.6) is 11.5 Å². The zero-order valence-corrected chi connectivity index (χ0v) is 20.8. The summed E-state index contributed by atoms with van der Waals surface area (Å²) in [7, 11) is 3.32. The lowest BCUT2D eigenvalue weighted by molar-refractivity contribution is -0.132. The standard InChI is InChI=1S/C26H30N4O4S/c1-33-22-8-9-23(34-2)20(15-22)17-29-10-12-30(13-11-29)25(32)16-21-18-35-26(27-21)28-24(31)14-19-6-4-3-5-7-19/h3-9,15,18H,10-14,16-17H2,1-2H3,(H,27,28,31). The van der Waals surface area contributed by atoms with Crippen LogP contribution in [0.4, 0.5) is 5.13 Å². The van der Waals surface area contributed by atoms with E-state index in [9.17, 15) is 9.59 Å². The van der Waals surface area contributed by atoms with Crippen molar-refractivity contribution in [2.45, 2.75) is 19.4 Å². The molecule has 1 N–H and O–H groups in total. The van der Waals surface area contributed by atoms with Gasteiger partial charge in [0.15, 0.2) is 5.13 Å². The maximum absolute atomic E-state index is 12.8. The Hall–Kier alpha value is -3.43. The Morgan fingerprint density at radius 2 is 1.77 bits per heavy atom. The molecule has 2 heterocycles. The zero-order valence-electron chi connectivity index (χ0n) is 20.0. The van der Waals surface area contributed by atoms with Gasteiger partial charge in [0, 0.05) is 43.7 Å². The van der Waals surface area contributed by atoms with Gasteiger partial charge in [-0.15, -0.1) is 11.3 Å². The monoisotopic (exact) mass is 494 g/mol. The second-order valence-corrected chi connectivity index (χ2v) is 9.22. The first-order chi connectivity index (χ1) is 17.0. The van der Waals surface area contributed by atoms with Gasteiger partial charge in [0.25, 0.3) is 0 Å². The number of hydrogen-bond acceptors (Lipinski definition) is 7. The first-order valence-electron chi connectivity index (χ1n) is 11.5. The van der Waals surface area contributed by atoms with Gasteiger partial charge in [-0.2, -0.15) is 0 Å². The second-order valence-electron chi connectivity index (χ2n) is 8.37. The Bertz CT molecular complexity index is 1140. The number of benzene rings is 2. The third kappa shape index (κ3) is 6.80. The lowest BCUT2D eigenvalue weighted by Crippen LogP contribution is -2.48. The number of methoxy groups -OCH3 is 2. The van der Waals surface area contributed by atoms with E-state index in [0.717, 1.165) is 42.3 Å². The van der Waals surface area contributed by atoms with Crippen LogP contribution in [0, 0.1) is 0 Å². The highest BCUT2D eigenvalue weighted by Crippen LogP contribution is 2.26. The molecule has 8 nitrogen and oxygen atoms in total. The maximum Gasteiger partial charge on any atom is 0.230 e. The fraction of sp³-hybridized carbons (Fsp3) is 0.346. The van der Waals surface area contributed by atoms with Gasteiger partial charge in [-0.3, -0.25) is 14.5 Å². The number of carbonyl (C=O) groups is 2. The van der Waals surface area contributed by atoms with Crippen LogP contribution in [-0.2, 0) is 29.0 Å². The molecule has 1 fully saturated rings. The minimum absolute atomic E-state index is 0.0519. The summed E-state index contributed by atoms with van der Waals surface area (Å²) in [5.41, 5.74) is 2.69. The van der Waals surface area contributed by atoms with Crippen molar-refractivity contribution in [1.29, 1.82) is 0 Å². The molecular formula is C26H30N4O4S. The van der Waals surface area contributed by atoms with E-state index in [1.807, 2.05) is 58.8 Å². The Labute approximate surface area is 209 Å². The molecule has 35 heavy (non-hydrogen) atoms. The molecule has 0 saturated carbocycles. The molecule has 0 unspecified atom stereocenters. The summed E-state index contributed by atoms with van der Waals surface area (Å²) in [5, 5.41) is 5.18. The Kier molecular flexibility index (Phi) is 8.33. The molecule has 0 aliphatic carbocycles. The van der Waals surface area contributed by atoms with Crippen LogP contribution in [0.3, 0.4) is 0 Å². The Balaban J connectivity index is 1.24. The molecule has 2 aromatic carbocycles. The van der Waals surface area contributed by atoms with E-state index >= 15 is 0 Å². The zero-order chi connectivity index (χ0) is 24.6. The van der Waals surface area contributed by atoms with E-state index in [2.05, 4.69) is 15.2 Å². The molecule has 0 radical (unpaired) electrons. The molecule has 1 aromatic heterocycles. The number of rotatable bonds is 9. The molecule has 0 spiro atoms. The van der Waals surface area contributed by atoms with Gasteiger partial charge in [-0.05, 0) is 23.8 Å². The van der Waals surface area contributed by atoms with Crippen LogP contribution in [0.2, 0.25) is 0 Å². The van der Waals surface area contributed by atoms with Crippen LogP contribution < -0.4 is 14.8 Å². The lowest BCUT2D eigenvalue weighted by Gasteiger charge is -2.35. The van der Waals surface area contributed by atoms with Gasteiger partial charge in [-0.1, -0.05) is 30.3 Å². The third-order valence-corrected chi connectivity index (χ3v) is 6.75. The highest BCUT2D eigenvalue weighted by Gasteiger charge is 2.23. The van der Waals surface area contributed by atoms with Crippen LogP contribution in [-0.4, -0.2) is 67.0 Å². The molecule has 0 atom stereocenters. The van der Waals surface area contributed by atoms with Gasteiger partial charge >= 0.3 is 0 Å². The molecule has 4 rings (SSSR count). The number of anilines is 1. The van der Waals surface area contributed by atoms with Gasteiger partial charge < -0.3 is 19.7 Å². The largest absolute Gasteiger partial charge is 0.497 e. The number of nitrogens with zero attached hydrogens (tertiary/aromatic N) is 3. The van der Waals surface area contributed by atoms with E-state index in [-0.39, 0.29) is 18.2 Å². The van der Waals surface area contributed by atoms with Gasteiger partial charge in [0.2, 0.25) is 11.8 Å². The van der Waals surface area contributed by atoms with Crippen molar-refractivity contribution in [2.24, 2.45) is 0 Å². The molecule has 1 aliphatic rings. The molecule has 0 bridgehead atoms. The van der Waals surface area contributed by atoms with Crippen molar-refractivity contribution in [2.75, 3.05) is 45.7 Å². The first-order valence-corrected chi connectivity index (χ1v) is 12.4. The molecular weight excluding hydrogens is 464 g/mol. The number of hydrogen-bond donors (Lipinski definition) is 1. The predicted molar refractivity (Wildman–Crippen MR) is 136 cm³/mol. The maximum atomic E-state index is 12.8. The molecule has 9 heteroatoms. The smallest absolute Gasteiger partial charge is 0.230 e. The van der Waals surface area contributed by atoms with Gasteiger partial charge in [0.1, 0.15) is 11.5 Å². The predicted octanol–water partition coefficient (Wildman–Crippen LogP) is 3.23. The summed E-state index contributed by atoms with van der Waals surface area (Å²) in [5.74, 6) is 1.57. The van der Waals surface area contributed by atoms with Crippen molar-refractivity contribution in [1.82, 2.24) is 14.8 Å². The van der Waals surface area contributed by atoms with Crippen molar-refractivity contribution in [3.63, 3.8) is 0 Å². The topological polar surface area (TPSA) is 84.0 Å². The lowest BCUT2D eigenvalue weighted by atomic mass is 10.1. The quantitative estimate of drug-likeness (QED) is 0.492. The summed E-state index contributed by atoms with van der Waals surface area (Å²) in [6, 6.07) is 15.4. The fourth-order valence-electron chi connectivity index (χ4n) is 4.06. The van der Waals surface area contributed by atoms with Crippen molar-refractivity contribution in [3.8, 4) is 11.5 Å². The highest BCUT2D eigenvalue weighted by molar-refractivity contribution is 7.13. The second kappa shape index (κ2) is 11.8. The molecule has 1 aliphatic heterocycles. The number of thiazole rings is 1. The van der Waals surface area contributed by atoms with E-state index in [4.69, 9.17) is 9.47 Å². The van der Waals surface area contributed by atoms with E-state index in [0.29, 0.717) is 30.3 Å². The number of ether oxygens (including phenoxy) is 2. The summed E-state index contributed by atoms with van der Waals surface area (Å²) < 4.78 is 10.8. The summed E-state index contributed by atoms with van der Waals surface area (Å²) >= 11 is 1.34. The minimum Gasteiger partial charge on any atom is -0.497 e. The van der Waals surface area contributed by atoms with Gasteiger partial charge in [0.05, 0.1) is 32.8 Å². The van der Waals surface area contributed by atoms with Crippen LogP contribution in [0.15, 0.2) is 53.9 Å². The van der Waals surface area contributed by atoms with Crippen LogP contribution in [0.25, 0.3) is 0 Å². The first kappa shape index (κ1) is 24.7. The number of carbonyl (C=O) groups excluding carboxylic acids is 2. The molecule has 2 amide bonds. The van der Waals surface area contributed by atoms with E-state index in [1.165, 1.54) is 11.3 Å². The highest BCUT2D eigenvalue weighted by atomic mass is 32.1. The average molecular weight is 495 g/mol. The molecule has 1 saturated heterocycles. The summed E-state index contributed by atoms with van der Waals surface area (Å²) in [4.78, 5) is 33.7. The summed E-state index contributed by atoms with van der Waals surface area (Å²) in [6.45, 7) is 3.63. The SMILES string of the molecule is COc1ccc(OC)c(CN2CCN(C(=O)Cc3csc(NC(=O)Cc4ccccc4)n3)CC2)c1. The van der Waals surface area contributed by atoms with Crippen molar-refractivity contribution >= 4 is 28.3 Å². The Morgan fingerprint density at radius 3 is 2.49 bits per heavy atom. The minimum atomic E-state index is -0.118. The molecule has 3 aromatic rings. The number of nitrogens with one attached hydrogen (secondary N) is 1. The number of piperazine rings is 1. The Morgan fingerprint density at radius 1 is 1.00 bits per heavy atom. The number of amides is 2. The van der Waals surface area contributed by atoms with Crippen LogP contribution in [0.1, 0.15) is 16.8 Å². The van der Waals surface area contributed by atoms with E-state index in [1.54, 1.807) is 14.2 Å². The number of aromatic nitrogens is 1. The van der Waals surface area contributed by atoms with Crippen molar-refractivity contribution in [3.05, 3.63) is 70.7 Å². The summed E-state index contributed by atoms with van der Waals surface area (Å²) in [6.07, 6.45) is 0.523.